The Morgan fingerprint density at radius 1 is 1.29 bits per heavy atom. The van der Waals surface area contributed by atoms with E-state index in [2.05, 4.69) is 10.1 Å². The Hall–Kier alpha value is -2.08. The first kappa shape index (κ1) is 15.3. The topological polar surface area (TPSA) is 83.4 Å². The number of hydrogen-bond donors (Lipinski definition) is 1. The summed E-state index contributed by atoms with van der Waals surface area (Å²) < 4.78 is 16.1. The summed E-state index contributed by atoms with van der Waals surface area (Å²) in [6.45, 7) is 6.12. The largest absolute Gasteiger partial charge is 0.497 e. The number of nitrogens with two attached hydrogens (primary N) is 1. The molecule has 2 aromatic rings. The van der Waals surface area contributed by atoms with E-state index in [0.29, 0.717) is 23.2 Å². The van der Waals surface area contributed by atoms with Crippen LogP contribution in [0.25, 0.3) is 0 Å². The van der Waals surface area contributed by atoms with Gasteiger partial charge in [0.25, 0.3) is 0 Å². The fourth-order valence-corrected chi connectivity index (χ4v) is 1.85. The zero-order valence-electron chi connectivity index (χ0n) is 12.8. The van der Waals surface area contributed by atoms with Crippen LogP contribution in [0.1, 0.15) is 50.0 Å². The Morgan fingerprint density at radius 3 is 2.62 bits per heavy atom. The van der Waals surface area contributed by atoms with Gasteiger partial charge in [-0.3, -0.25) is 0 Å². The lowest BCUT2D eigenvalue weighted by Crippen LogP contribution is -2.08. The van der Waals surface area contributed by atoms with Gasteiger partial charge in [-0.25, -0.2) is 0 Å². The maximum absolute atomic E-state index is 5.95. The minimum absolute atomic E-state index is 0.137. The molecule has 1 atom stereocenters. The second-order valence-electron chi connectivity index (χ2n) is 5.18. The van der Waals surface area contributed by atoms with E-state index in [4.69, 9.17) is 19.7 Å². The molecule has 0 aliphatic heterocycles. The lowest BCUT2D eigenvalue weighted by molar-refractivity contribution is 0.279. The van der Waals surface area contributed by atoms with Crippen molar-refractivity contribution in [2.75, 3.05) is 7.11 Å². The monoisotopic (exact) mass is 291 g/mol. The molecular weight excluding hydrogens is 270 g/mol. The van der Waals surface area contributed by atoms with Gasteiger partial charge in [0, 0.05) is 23.6 Å². The summed E-state index contributed by atoms with van der Waals surface area (Å²) in [7, 11) is 1.61. The van der Waals surface area contributed by atoms with Crippen LogP contribution in [0, 0.1) is 0 Å². The van der Waals surface area contributed by atoms with Crippen molar-refractivity contribution in [3.8, 4) is 11.5 Å². The van der Waals surface area contributed by atoms with Gasteiger partial charge in [0.05, 0.1) is 7.11 Å². The van der Waals surface area contributed by atoms with Crippen molar-refractivity contribution in [1.29, 1.82) is 0 Å². The predicted molar refractivity (Wildman–Crippen MR) is 78.3 cm³/mol. The Bertz CT molecular complexity index is 594. The van der Waals surface area contributed by atoms with Crippen LogP contribution >= 0.6 is 0 Å². The maximum Gasteiger partial charge on any atom is 0.229 e. The summed E-state index contributed by atoms with van der Waals surface area (Å²) in [5.41, 5.74) is 6.85. The third-order valence-corrected chi connectivity index (χ3v) is 3.05. The lowest BCUT2D eigenvalue weighted by atomic mass is 10.1. The fourth-order valence-electron chi connectivity index (χ4n) is 1.85. The molecule has 2 rings (SSSR count). The molecular formula is C15H21N3O3. The maximum atomic E-state index is 5.95. The minimum atomic E-state index is -0.137. The van der Waals surface area contributed by atoms with E-state index in [1.54, 1.807) is 7.11 Å². The van der Waals surface area contributed by atoms with Crippen molar-refractivity contribution < 1.29 is 14.0 Å². The summed E-state index contributed by atoms with van der Waals surface area (Å²) in [6, 6.07) is 5.43. The van der Waals surface area contributed by atoms with E-state index in [1.165, 1.54) is 0 Å². The summed E-state index contributed by atoms with van der Waals surface area (Å²) >= 11 is 0. The summed E-state index contributed by atoms with van der Waals surface area (Å²) in [5.74, 6) is 2.69. The van der Waals surface area contributed by atoms with Crippen molar-refractivity contribution >= 4 is 0 Å². The lowest BCUT2D eigenvalue weighted by Gasteiger charge is -2.14. The molecule has 1 aromatic heterocycles. The van der Waals surface area contributed by atoms with E-state index in [9.17, 15) is 0 Å². The smallest absolute Gasteiger partial charge is 0.229 e. The van der Waals surface area contributed by atoms with Gasteiger partial charge < -0.3 is 19.7 Å². The summed E-state index contributed by atoms with van der Waals surface area (Å²) in [4.78, 5) is 4.28. The van der Waals surface area contributed by atoms with E-state index in [1.807, 2.05) is 39.0 Å². The summed E-state index contributed by atoms with van der Waals surface area (Å²) in [6.07, 6.45) is 0. The molecule has 2 N–H and O–H groups in total. The van der Waals surface area contributed by atoms with Crippen LogP contribution in [0.5, 0.6) is 11.5 Å². The average molecular weight is 291 g/mol. The predicted octanol–water partition coefficient (Wildman–Crippen LogP) is 2.80. The molecule has 6 heteroatoms. The van der Waals surface area contributed by atoms with Crippen LogP contribution in [0.15, 0.2) is 22.7 Å². The highest BCUT2D eigenvalue weighted by Crippen LogP contribution is 2.29. The molecule has 0 bridgehead atoms. The molecule has 0 amide bonds. The van der Waals surface area contributed by atoms with Crippen molar-refractivity contribution in [2.24, 2.45) is 5.73 Å². The Kier molecular flexibility index (Phi) is 4.80. The normalized spacial score (nSPS) is 12.5. The highest BCUT2D eigenvalue weighted by molar-refractivity contribution is 5.42. The molecule has 1 aromatic carbocycles. The molecule has 1 unspecified atom stereocenters. The first-order valence-corrected chi connectivity index (χ1v) is 6.90. The third kappa shape index (κ3) is 3.72. The molecule has 21 heavy (non-hydrogen) atoms. The third-order valence-electron chi connectivity index (χ3n) is 3.05. The van der Waals surface area contributed by atoms with Crippen LogP contribution in [-0.4, -0.2) is 17.3 Å². The quantitative estimate of drug-likeness (QED) is 0.881. The van der Waals surface area contributed by atoms with Gasteiger partial charge in [-0.05, 0) is 13.0 Å². The molecule has 114 valence electrons. The highest BCUT2D eigenvalue weighted by atomic mass is 16.5. The first-order chi connectivity index (χ1) is 10.0. The highest BCUT2D eigenvalue weighted by Gasteiger charge is 2.13. The van der Waals surface area contributed by atoms with Crippen molar-refractivity contribution in [3.05, 3.63) is 35.5 Å². The number of ether oxygens (including phenoxy) is 2. The van der Waals surface area contributed by atoms with Gasteiger partial charge in [0.1, 0.15) is 11.5 Å². The van der Waals surface area contributed by atoms with Gasteiger partial charge in [0.2, 0.25) is 11.7 Å². The molecule has 6 nitrogen and oxygen atoms in total. The van der Waals surface area contributed by atoms with Crippen LogP contribution in [0.3, 0.4) is 0 Å². The second-order valence-corrected chi connectivity index (χ2v) is 5.18. The fraction of sp³-hybridized carbons (Fsp3) is 0.467. The standard InChI is InChI=1S/C15H21N3O3/c1-9(2)15-17-14(18-21-15)8-20-13-7-11(19-4)5-6-12(13)10(3)16/h5-7,9-10H,8,16H2,1-4H3. The molecule has 0 saturated heterocycles. The Morgan fingerprint density at radius 2 is 2.05 bits per heavy atom. The molecule has 0 spiro atoms. The number of benzene rings is 1. The van der Waals surface area contributed by atoms with Gasteiger partial charge in [-0.15, -0.1) is 0 Å². The zero-order chi connectivity index (χ0) is 15.4. The van der Waals surface area contributed by atoms with E-state index < -0.39 is 0 Å². The molecule has 0 aliphatic rings. The van der Waals surface area contributed by atoms with Gasteiger partial charge in [0.15, 0.2) is 6.61 Å². The molecule has 0 aliphatic carbocycles. The first-order valence-electron chi connectivity index (χ1n) is 6.90. The van der Waals surface area contributed by atoms with Gasteiger partial charge >= 0.3 is 0 Å². The number of hydrogen-bond acceptors (Lipinski definition) is 6. The van der Waals surface area contributed by atoms with Gasteiger partial charge in [-0.2, -0.15) is 4.98 Å². The van der Waals surface area contributed by atoms with E-state index >= 15 is 0 Å². The Balaban J connectivity index is 2.14. The Labute approximate surface area is 124 Å². The second kappa shape index (κ2) is 6.58. The van der Waals surface area contributed by atoms with Crippen LogP contribution in [0.4, 0.5) is 0 Å². The zero-order valence-corrected chi connectivity index (χ0v) is 12.8. The SMILES string of the molecule is COc1ccc(C(C)N)c(OCc2noc(C(C)C)n2)c1. The number of aromatic nitrogens is 2. The summed E-state index contributed by atoms with van der Waals surface area (Å²) in [5, 5.41) is 3.90. The van der Waals surface area contributed by atoms with E-state index in [0.717, 1.165) is 5.56 Å². The van der Waals surface area contributed by atoms with Crippen LogP contribution in [-0.2, 0) is 6.61 Å². The minimum Gasteiger partial charge on any atom is -0.497 e. The van der Waals surface area contributed by atoms with Crippen LogP contribution < -0.4 is 15.2 Å². The average Bonchev–Trinajstić information content (AvgIpc) is 2.93. The van der Waals surface area contributed by atoms with Crippen molar-refractivity contribution in [3.63, 3.8) is 0 Å². The van der Waals surface area contributed by atoms with Gasteiger partial charge in [-0.1, -0.05) is 25.1 Å². The molecule has 1 heterocycles. The van der Waals surface area contributed by atoms with Crippen molar-refractivity contribution in [1.82, 2.24) is 10.1 Å². The molecule has 0 fully saturated rings. The number of rotatable bonds is 6. The number of methoxy groups -OCH3 is 1. The van der Waals surface area contributed by atoms with Crippen LogP contribution in [0.2, 0.25) is 0 Å². The van der Waals surface area contributed by atoms with E-state index in [-0.39, 0.29) is 18.6 Å². The molecule has 0 radical (unpaired) electrons. The molecule has 0 saturated carbocycles. The van der Waals surface area contributed by atoms with Crippen molar-refractivity contribution in [2.45, 2.75) is 39.3 Å². The number of nitrogens with zero attached hydrogens (tertiary/aromatic N) is 2.